The van der Waals surface area contributed by atoms with E-state index in [2.05, 4.69) is 37.9 Å². The summed E-state index contributed by atoms with van der Waals surface area (Å²) in [6.45, 7) is 13.3. The van der Waals surface area contributed by atoms with Gasteiger partial charge in [-0.1, -0.05) is 26.7 Å². The fraction of sp³-hybridized carbons (Fsp3) is 1.00. The van der Waals surface area contributed by atoms with Gasteiger partial charge in [-0.2, -0.15) is 0 Å². The molecular weight excluding hydrogens is 236 g/mol. The predicted molar refractivity (Wildman–Crippen MR) is 82.7 cm³/mol. The highest BCUT2D eigenvalue weighted by Crippen LogP contribution is 2.18. The highest BCUT2D eigenvalue weighted by Gasteiger charge is 2.31. The number of hydrogen-bond acceptors (Lipinski definition) is 3. The first-order valence-electron chi connectivity index (χ1n) is 8.27. The fourth-order valence-electron chi connectivity index (χ4n) is 2.97. The van der Waals surface area contributed by atoms with Crippen molar-refractivity contribution in [2.24, 2.45) is 0 Å². The molecular formula is C16H34N2O. The molecule has 1 N–H and O–H groups in total. The summed E-state index contributed by atoms with van der Waals surface area (Å²) in [5.41, 5.74) is 0. The molecule has 0 aromatic heterocycles. The first kappa shape index (κ1) is 16.9. The van der Waals surface area contributed by atoms with Crippen LogP contribution < -0.4 is 5.32 Å². The van der Waals surface area contributed by atoms with Crippen LogP contribution in [0.2, 0.25) is 0 Å². The zero-order chi connectivity index (χ0) is 14.1. The first-order valence-corrected chi connectivity index (χ1v) is 8.27. The van der Waals surface area contributed by atoms with Crippen molar-refractivity contribution in [1.82, 2.24) is 10.2 Å². The summed E-state index contributed by atoms with van der Waals surface area (Å²) in [5.74, 6) is 0. The van der Waals surface area contributed by atoms with Gasteiger partial charge in [0.05, 0.1) is 6.61 Å². The van der Waals surface area contributed by atoms with Crippen molar-refractivity contribution in [2.75, 3.05) is 26.3 Å². The van der Waals surface area contributed by atoms with Crippen LogP contribution in [0, 0.1) is 0 Å². The van der Waals surface area contributed by atoms with Gasteiger partial charge in [0, 0.05) is 24.7 Å². The smallest absolute Gasteiger partial charge is 0.0637 e. The minimum absolute atomic E-state index is 0.553. The van der Waals surface area contributed by atoms with Gasteiger partial charge in [0.25, 0.3) is 0 Å². The largest absolute Gasteiger partial charge is 0.380 e. The highest BCUT2D eigenvalue weighted by molar-refractivity contribution is 4.88. The topological polar surface area (TPSA) is 24.5 Å². The summed E-state index contributed by atoms with van der Waals surface area (Å²) in [6, 6.07) is 1.77. The molecule has 0 aliphatic carbocycles. The number of rotatable bonds is 9. The highest BCUT2D eigenvalue weighted by atomic mass is 16.5. The van der Waals surface area contributed by atoms with Crippen molar-refractivity contribution in [3.05, 3.63) is 0 Å². The van der Waals surface area contributed by atoms with E-state index < -0.39 is 0 Å². The van der Waals surface area contributed by atoms with E-state index >= 15 is 0 Å². The number of ether oxygens (including phenoxy) is 1. The van der Waals surface area contributed by atoms with Gasteiger partial charge >= 0.3 is 0 Å². The monoisotopic (exact) mass is 270 g/mol. The normalized spacial score (nSPS) is 24.3. The minimum Gasteiger partial charge on any atom is -0.380 e. The molecule has 1 aliphatic heterocycles. The molecule has 1 saturated heterocycles. The quantitative estimate of drug-likeness (QED) is 0.652. The molecule has 0 aromatic carbocycles. The van der Waals surface area contributed by atoms with Crippen molar-refractivity contribution in [1.29, 1.82) is 0 Å². The number of unbranched alkanes of at least 4 members (excludes halogenated alkanes) is 2. The Balaban J connectivity index is 2.56. The van der Waals surface area contributed by atoms with E-state index in [0.717, 1.165) is 26.2 Å². The Hall–Kier alpha value is -0.120. The van der Waals surface area contributed by atoms with Gasteiger partial charge in [0.1, 0.15) is 0 Å². The molecule has 1 heterocycles. The number of nitrogens with one attached hydrogen (secondary N) is 1. The molecule has 1 rings (SSSR count). The Morgan fingerprint density at radius 1 is 1.21 bits per heavy atom. The van der Waals surface area contributed by atoms with E-state index in [9.17, 15) is 0 Å². The Morgan fingerprint density at radius 3 is 2.63 bits per heavy atom. The molecule has 114 valence electrons. The third kappa shape index (κ3) is 5.80. The second-order valence-corrected chi connectivity index (χ2v) is 6.03. The maximum absolute atomic E-state index is 5.75. The van der Waals surface area contributed by atoms with Crippen molar-refractivity contribution in [3.63, 3.8) is 0 Å². The van der Waals surface area contributed by atoms with Gasteiger partial charge in [-0.15, -0.1) is 0 Å². The summed E-state index contributed by atoms with van der Waals surface area (Å²) in [5, 5.41) is 3.73. The van der Waals surface area contributed by atoms with E-state index in [1.807, 2.05) is 0 Å². The van der Waals surface area contributed by atoms with Crippen molar-refractivity contribution >= 4 is 0 Å². The van der Waals surface area contributed by atoms with Crippen LogP contribution in [0.1, 0.15) is 59.8 Å². The lowest BCUT2D eigenvalue weighted by Gasteiger charge is -2.42. The van der Waals surface area contributed by atoms with Crippen LogP contribution in [-0.2, 0) is 4.74 Å². The van der Waals surface area contributed by atoms with Gasteiger partial charge < -0.3 is 10.1 Å². The SMILES string of the molecule is CCCCCN(C(C)C)C1COCCC1NCCC. The Bertz CT molecular complexity index is 221. The molecule has 0 amide bonds. The van der Waals surface area contributed by atoms with Gasteiger partial charge in [-0.05, 0) is 46.2 Å². The molecule has 0 spiro atoms. The molecule has 3 heteroatoms. The molecule has 0 bridgehead atoms. The van der Waals surface area contributed by atoms with Crippen LogP contribution in [0.25, 0.3) is 0 Å². The maximum Gasteiger partial charge on any atom is 0.0637 e. The molecule has 2 atom stereocenters. The van der Waals surface area contributed by atoms with Crippen molar-refractivity contribution in [2.45, 2.75) is 77.9 Å². The molecule has 19 heavy (non-hydrogen) atoms. The van der Waals surface area contributed by atoms with E-state index in [0.29, 0.717) is 18.1 Å². The zero-order valence-corrected chi connectivity index (χ0v) is 13.5. The lowest BCUT2D eigenvalue weighted by molar-refractivity contribution is -0.0151. The molecule has 0 saturated carbocycles. The third-order valence-electron chi connectivity index (χ3n) is 4.09. The first-order chi connectivity index (χ1) is 9.20. The van der Waals surface area contributed by atoms with Crippen LogP contribution in [0.5, 0.6) is 0 Å². The Kier molecular flexibility index (Phi) is 8.67. The van der Waals surface area contributed by atoms with Gasteiger partial charge in [0.2, 0.25) is 0 Å². The lowest BCUT2D eigenvalue weighted by Crippen LogP contribution is -2.57. The molecule has 0 aromatic rings. The van der Waals surface area contributed by atoms with E-state index in [-0.39, 0.29) is 0 Å². The second kappa shape index (κ2) is 9.73. The lowest BCUT2D eigenvalue weighted by atomic mass is 9.99. The summed E-state index contributed by atoms with van der Waals surface area (Å²) in [7, 11) is 0. The fourth-order valence-corrected chi connectivity index (χ4v) is 2.97. The van der Waals surface area contributed by atoms with Gasteiger partial charge in [-0.25, -0.2) is 0 Å². The van der Waals surface area contributed by atoms with Crippen LogP contribution >= 0.6 is 0 Å². The summed E-state index contributed by atoms with van der Waals surface area (Å²) >= 11 is 0. The number of hydrogen-bond donors (Lipinski definition) is 1. The van der Waals surface area contributed by atoms with Crippen LogP contribution in [0.15, 0.2) is 0 Å². The number of nitrogens with zero attached hydrogens (tertiary/aromatic N) is 1. The predicted octanol–water partition coefficient (Wildman–Crippen LogP) is 3.04. The summed E-state index contributed by atoms with van der Waals surface area (Å²) in [6.07, 6.45) is 6.31. The minimum atomic E-state index is 0.553. The molecule has 0 radical (unpaired) electrons. The van der Waals surface area contributed by atoms with Crippen molar-refractivity contribution < 1.29 is 4.74 Å². The van der Waals surface area contributed by atoms with E-state index in [1.54, 1.807) is 0 Å². The summed E-state index contributed by atoms with van der Waals surface area (Å²) < 4.78 is 5.75. The van der Waals surface area contributed by atoms with E-state index in [4.69, 9.17) is 4.74 Å². The molecule has 1 fully saturated rings. The second-order valence-electron chi connectivity index (χ2n) is 6.03. The average molecular weight is 270 g/mol. The Morgan fingerprint density at radius 2 is 2.00 bits per heavy atom. The van der Waals surface area contributed by atoms with E-state index in [1.165, 1.54) is 32.2 Å². The third-order valence-corrected chi connectivity index (χ3v) is 4.09. The van der Waals surface area contributed by atoms with Crippen LogP contribution in [-0.4, -0.2) is 49.3 Å². The molecule has 3 nitrogen and oxygen atoms in total. The average Bonchev–Trinajstić information content (AvgIpc) is 2.41. The van der Waals surface area contributed by atoms with Gasteiger partial charge in [0.15, 0.2) is 0 Å². The maximum atomic E-state index is 5.75. The Labute approximate surface area is 120 Å². The van der Waals surface area contributed by atoms with Crippen LogP contribution in [0.3, 0.4) is 0 Å². The molecule has 1 aliphatic rings. The summed E-state index contributed by atoms with van der Waals surface area (Å²) in [4.78, 5) is 2.65. The molecule has 2 unspecified atom stereocenters. The van der Waals surface area contributed by atoms with Crippen molar-refractivity contribution in [3.8, 4) is 0 Å². The van der Waals surface area contributed by atoms with Crippen LogP contribution in [0.4, 0.5) is 0 Å². The van der Waals surface area contributed by atoms with Gasteiger partial charge in [-0.3, -0.25) is 4.90 Å². The zero-order valence-electron chi connectivity index (χ0n) is 13.5. The standard InChI is InChI=1S/C16H34N2O/c1-5-7-8-11-18(14(3)4)16-13-19-12-9-15(16)17-10-6-2/h14-17H,5-13H2,1-4H3.